The summed E-state index contributed by atoms with van der Waals surface area (Å²) in [6, 6.07) is 4.45. The molecular weight excluding hydrogens is 278 g/mol. The summed E-state index contributed by atoms with van der Waals surface area (Å²) in [7, 11) is 6.37. The van der Waals surface area contributed by atoms with Crippen molar-refractivity contribution in [1.29, 1.82) is 0 Å². The topological polar surface area (TPSA) is 9.72 Å². The highest BCUT2D eigenvalue weighted by molar-refractivity contribution is 7.11. The highest BCUT2D eigenvalue weighted by Gasteiger charge is 2.31. The first-order chi connectivity index (χ1) is 9.97. The van der Waals surface area contributed by atoms with Gasteiger partial charge in [0.1, 0.15) is 0 Å². The third-order valence-electron chi connectivity index (χ3n) is 3.85. The van der Waals surface area contributed by atoms with Crippen LogP contribution < -0.4 is 0 Å². The molecule has 1 atom stereocenters. The monoisotopic (exact) mass is 305 g/mol. The van der Waals surface area contributed by atoms with Crippen molar-refractivity contribution in [2.75, 3.05) is 34.2 Å². The van der Waals surface area contributed by atoms with Gasteiger partial charge in [-0.15, -0.1) is 11.3 Å². The van der Waals surface area contributed by atoms with Gasteiger partial charge >= 0.3 is 0 Å². The zero-order valence-corrected chi connectivity index (χ0v) is 14.5. The molecule has 1 fully saturated rings. The molecule has 2 heterocycles. The summed E-state index contributed by atoms with van der Waals surface area (Å²) in [6.45, 7) is 9.48. The summed E-state index contributed by atoms with van der Waals surface area (Å²) < 4.78 is 0. The summed E-state index contributed by atoms with van der Waals surface area (Å²) in [5.74, 6) is 0. The largest absolute Gasteiger partial charge is 0.356 e. The molecule has 1 saturated heterocycles. The van der Waals surface area contributed by atoms with E-state index in [1.165, 1.54) is 16.2 Å². The second-order valence-corrected chi connectivity index (χ2v) is 7.42. The van der Waals surface area contributed by atoms with Crippen molar-refractivity contribution < 1.29 is 0 Å². The van der Waals surface area contributed by atoms with Crippen molar-refractivity contribution in [3.8, 4) is 0 Å². The summed E-state index contributed by atoms with van der Waals surface area (Å²) in [5.41, 5.74) is 1.13. The molecule has 0 aromatic carbocycles. The maximum Gasteiger partial charge on any atom is 0.0838 e. The van der Waals surface area contributed by atoms with Crippen LogP contribution in [0.25, 0.3) is 0 Å². The average Bonchev–Trinajstić information content (AvgIpc) is 2.72. The molecule has 1 aromatic rings. The van der Waals surface area contributed by atoms with E-state index in [-0.39, 0.29) is 0 Å². The van der Waals surface area contributed by atoms with Gasteiger partial charge in [-0.25, -0.2) is 0 Å². The minimum Gasteiger partial charge on any atom is -0.356 e. The Hall–Kier alpha value is -1.10. The number of likely N-dealkylation sites (tertiary alicyclic amines) is 1. The quantitative estimate of drug-likeness (QED) is 0.717. The van der Waals surface area contributed by atoms with Crippen molar-refractivity contribution in [2.24, 2.45) is 0 Å². The first-order valence-electron chi connectivity index (χ1n) is 7.49. The van der Waals surface area contributed by atoms with E-state index < -0.39 is 0 Å². The second-order valence-electron chi connectivity index (χ2n) is 6.05. The lowest BCUT2D eigenvalue weighted by Crippen LogP contribution is -2.54. The zero-order chi connectivity index (χ0) is 15.4. The number of rotatable bonds is 7. The Morgan fingerprint density at radius 2 is 2.19 bits per heavy atom. The number of thiophene rings is 1. The van der Waals surface area contributed by atoms with Crippen molar-refractivity contribution >= 4 is 11.3 Å². The SMILES string of the molecule is C=C(/C=C/CN(C)C)N1CCC1N(C)Cc1ccc(C)s1. The number of likely N-dealkylation sites (N-methyl/N-ethyl adjacent to an activating group) is 1. The Balaban J connectivity index is 1.86. The highest BCUT2D eigenvalue weighted by Crippen LogP contribution is 2.27. The van der Waals surface area contributed by atoms with Crippen molar-refractivity contribution in [3.05, 3.63) is 46.3 Å². The van der Waals surface area contributed by atoms with Crippen molar-refractivity contribution in [2.45, 2.75) is 26.1 Å². The molecule has 0 aliphatic carbocycles. The number of hydrogen-bond acceptors (Lipinski definition) is 4. The zero-order valence-electron chi connectivity index (χ0n) is 13.7. The van der Waals surface area contributed by atoms with E-state index in [1.807, 2.05) is 11.3 Å². The smallest absolute Gasteiger partial charge is 0.0838 e. The van der Waals surface area contributed by atoms with E-state index in [9.17, 15) is 0 Å². The van der Waals surface area contributed by atoms with Gasteiger partial charge in [-0.2, -0.15) is 0 Å². The third-order valence-corrected chi connectivity index (χ3v) is 4.83. The van der Waals surface area contributed by atoms with Gasteiger partial charge in [-0.05, 0) is 52.7 Å². The normalized spacial score (nSPS) is 18.8. The van der Waals surface area contributed by atoms with Crippen LogP contribution in [0.15, 0.2) is 36.6 Å². The molecule has 1 unspecified atom stereocenters. The van der Waals surface area contributed by atoms with E-state index in [1.54, 1.807) is 0 Å². The lowest BCUT2D eigenvalue weighted by Gasteiger charge is -2.47. The standard InChI is InChI=1S/C17H27N3S/c1-14(7-6-11-18(3)4)20-12-10-17(20)19(5)13-16-9-8-15(2)21-16/h6-9,17H,1,10-13H2,2-5H3/b7-6+. The molecule has 21 heavy (non-hydrogen) atoms. The maximum atomic E-state index is 4.21. The van der Waals surface area contributed by atoms with Crippen LogP contribution in [0.5, 0.6) is 0 Å². The van der Waals surface area contributed by atoms with Crippen LogP contribution in [0.4, 0.5) is 0 Å². The molecule has 0 saturated carbocycles. The third kappa shape index (κ3) is 4.43. The number of aryl methyl sites for hydroxylation is 1. The van der Waals surface area contributed by atoms with E-state index in [0.717, 1.165) is 25.3 Å². The van der Waals surface area contributed by atoms with Crippen LogP contribution in [-0.2, 0) is 6.54 Å². The minimum atomic E-state index is 0.490. The molecule has 1 aliphatic heterocycles. The van der Waals surface area contributed by atoms with Crippen LogP contribution in [0.1, 0.15) is 16.2 Å². The first-order valence-corrected chi connectivity index (χ1v) is 8.31. The molecule has 0 bridgehead atoms. The summed E-state index contributed by atoms with van der Waals surface area (Å²) >= 11 is 1.89. The minimum absolute atomic E-state index is 0.490. The molecule has 0 radical (unpaired) electrons. The summed E-state index contributed by atoms with van der Waals surface area (Å²) in [6.07, 6.45) is 6.04. The second kappa shape index (κ2) is 7.25. The maximum absolute atomic E-state index is 4.21. The Morgan fingerprint density at radius 1 is 1.43 bits per heavy atom. The lowest BCUT2D eigenvalue weighted by atomic mass is 10.1. The van der Waals surface area contributed by atoms with Gasteiger partial charge < -0.3 is 9.80 Å². The van der Waals surface area contributed by atoms with Gasteiger partial charge in [0.25, 0.3) is 0 Å². The molecule has 4 heteroatoms. The fourth-order valence-corrected chi connectivity index (χ4v) is 3.54. The molecule has 1 aliphatic rings. The van der Waals surface area contributed by atoms with Gasteiger partial charge in [0.05, 0.1) is 6.17 Å². The molecule has 0 spiro atoms. The Kier molecular flexibility index (Phi) is 5.62. The fourth-order valence-electron chi connectivity index (χ4n) is 2.58. The lowest BCUT2D eigenvalue weighted by molar-refractivity contribution is 0.00634. The number of hydrogen-bond donors (Lipinski definition) is 0. The van der Waals surface area contributed by atoms with Crippen LogP contribution in [-0.4, -0.2) is 55.1 Å². The highest BCUT2D eigenvalue weighted by atomic mass is 32.1. The van der Waals surface area contributed by atoms with E-state index in [4.69, 9.17) is 0 Å². The van der Waals surface area contributed by atoms with Gasteiger partial charge in [0.2, 0.25) is 0 Å². The van der Waals surface area contributed by atoms with Crippen molar-refractivity contribution in [3.63, 3.8) is 0 Å². The molecule has 3 nitrogen and oxygen atoms in total. The van der Waals surface area contributed by atoms with E-state index >= 15 is 0 Å². The molecule has 2 rings (SSSR count). The van der Waals surface area contributed by atoms with Gasteiger partial charge in [-0.3, -0.25) is 4.90 Å². The molecule has 1 aromatic heterocycles. The Labute approximate surface area is 133 Å². The van der Waals surface area contributed by atoms with E-state index in [2.05, 4.69) is 73.6 Å². The predicted molar refractivity (Wildman–Crippen MR) is 92.5 cm³/mol. The Morgan fingerprint density at radius 3 is 2.71 bits per heavy atom. The average molecular weight is 305 g/mol. The molecule has 0 amide bonds. The van der Waals surface area contributed by atoms with Crippen LogP contribution in [0, 0.1) is 6.92 Å². The van der Waals surface area contributed by atoms with Crippen LogP contribution >= 0.6 is 11.3 Å². The summed E-state index contributed by atoms with van der Waals surface area (Å²) in [5, 5.41) is 0. The van der Waals surface area contributed by atoms with Gasteiger partial charge in [0.15, 0.2) is 0 Å². The molecule has 116 valence electrons. The number of allylic oxidation sites excluding steroid dienone is 1. The van der Waals surface area contributed by atoms with Crippen molar-refractivity contribution in [1.82, 2.24) is 14.7 Å². The molecule has 0 N–H and O–H groups in total. The van der Waals surface area contributed by atoms with Gasteiger partial charge in [0, 0.05) is 35.1 Å². The van der Waals surface area contributed by atoms with Crippen LogP contribution in [0.2, 0.25) is 0 Å². The first kappa shape index (κ1) is 16.3. The summed E-state index contributed by atoms with van der Waals surface area (Å²) in [4.78, 5) is 9.81. The van der Waals surface area contributed by atoms with Gasteiger partial charge in [-0.1, -0.05) is 12.7 Å². The fraction of sp³-hybridized carbons (Fsp3) is 0.529. The Bertz CT molecular complexity index is 504. The van der Waals surface area contributed by atoms with E-state index in [0.29, 0.717) is 6.17 Å². The van der Waals surface area contributed by atoms with Crippen LogP contribution in [0.3, 0.4) is 0 Å². The molecular formula is C17H27N3S. The number of nitrogens with zero attached hydrogens (tertiary/aromatic N) is 3. The predicted octanol–water partition coefficient (Wildman–Crippen LogP) is 3.15.